The van der Waals surface area contributed by atoms with Crippen molar-refractivity contribution in [1.82, 2.24) is 9.78 Å². The summed E-state index contributed by atoms with van der Waals surface area (Å²) in [6.07, 6.45) is 3.61. The third-order valence-corrected chi connectivity index (χ3v) is 1.44. The van der Waals surface area contributed by atoms with E-state index in [9.17, 15) is 0 Å². The normalized spacial score (nSPS) is 9.18. The molecule has 0 aromatic carbocycles. The number of hydrogen-bond acceptors (Lipinski definition) is 3. The summed E-state index contributed by atoms with van der Waals surface area (Å²) in [5.74, 6) is 0. The van der Waals surface area contributed by atoms with Crippen LogP contribution in [0.3, 0.4) is 0 Å². The summed E-state index contributed by atoms with van der Waals surface area (Å²) in [6.45, 7) is 0.395. The fourth-order valence-electron chi connectivity index (χ4n) is 0.803. The predicted molar refractivity (Wildman–Crippen MR) is 42.1 cm³/mol. The molecule has 1 aromatic rings. The van der Waals surface area contributed by atoms with Gasteiger partial charge in [-0.15, -0.1) is 0 Å². The number of rotatable bonds is 2. The van der Waals surface area contributed by atoms with Gasteiger partial charge in [0.1, 0.15) is 6.54 Å². The molecule has 0 fully saturated rings. The second-order valence-corrected chi connectivity index (χ2v) is 2.39. The highest BCUT2D eigenvalue weighted by Crippen LogP contribution is 2.08. The first kappa shape index (κ1) is 7.61. The molecule has 4 nitrogen and oxygen atoms in total. The van der Waals surface area contributed by atoms with Crippen LogP contribution in [0.25, 0.3) is 0 Å². The minimum Gasteiger partial charge on any atom is -0.359 e. The molecule has 1 aromatic heterocycles. The van der Waals surface area contributed by atoms with Crippen molar-refractivity contribution in [3.8, 4) is 6.07 Å². The summed E-state index contributed by atoms with van der Waals surface area (Å²) in [5.41, 5.74) is 0.967. The SMILES string of the molecule is CN(CC#N)c1cnn(C)c1. The lowest BCUT2D eigenvalue weighted by atomic mass is 10.5. The lowest BCUT2D eigenvalue weighted by Gasteiger charge is -2.10. The van der Waals surface area contributed by atoms with Crippen molar-refractivity contribution in [2.75, 3.05) is 18.5 Å². The molecule has 58 valence electrons. The van der Waals surface area contributed by atoms with Crippen LogP contribution in [0.4, 0.5) is 5.69 Å². The smallest absolute Gasteiger partial charge is 0.105 e. The number of anilines is 1. The Morgan fingerprint density at radius 3 is 3.00 bits per heavy atom. The zero-order valence-corrected chi connectivity index (χ0v) is 6.65. The fourth-order valence-corrected chi connectivity index (χ4v) is 0.803. The van der Waals surface area contributed by atoms with E-state index in [1.54, 1.807) is 10.9 Å². The molecule has 0 unspecified atom stereocenters. The van der Waals surface area contributed by atoms with Gasteiger partial charge in [-0.05, 0) is 0 Å². The Morgan fingerprint density at radius 2 is 2.55 bits per heavy atom. The van der Waals surface area contributed by atoms with Gasteiger partial charge in [0, 0.05) is 20.3 Å². The summed E-state index contributed by atoms with van der Waals surface area (Å²) in [6, 6.07) is 2.06. The van der Waals surface area contributed by atoms with Crippen molar-refractivity contribution < 1.29 is 0 Å². The Hall–Kier alpha value is -1.50. The Morgan fingerprint density at radius 1 is 1.82 bits per heavy atom. The zero-order valence-electron chi connectivity index (χ0n) is 6.65. The Balaban J connectivity index is 2.70. The summed E-state index contributed by atoms with van der Waals surface area (Å²) < 4.78 is 1.71. The Bertz CT molecular complexity index is 270. The first-order valence-electron chi connectivity index (χ1n) is 3.31. The first-order chi connectivity index (χ1) is 5.24. The van der Waals surface area contributed by atoms with E-state index < -0.39 is 0 Å². The summed E-state index contributed by atoms with van der Waals surface area (Å²) in [5, 5.41) is 12.4. The zero-order chi connectivity index (χ0) is 8.27. The van der Waals surface area contributed by atoms with Crippen LogP contribution in [0.2, 0.25) is 0 Å². The highest BCUT2D eigenvalue weighted by Gasteiger charge is 2.00. The molecule has 0 atom stereocenters. The third kappa shape index (κ3) is 1.71. The molecule has 0 aliphatic heterocycles. The van der Waals surface area contributed by atoms with E-state index in [-0.39, 0.29) is 0 Å². The molecular formula is C7H10N4. The largest absolute Gasteiger partial charge is 0.359 e. The van der Waals surface area contributed by atoms with Crippen molar-refractivity contribution in [3.05, 3.63) is 12.4 Å². The maximum Gasteiger partial charge on any atom is 0.105 e. The molecule has 0 bridgehead atoms. The van der Waals surface area contributed by atoms with E-state index in [0.29, 0.717) is 6.54 Å². The second kappa shape index (κ2) is 3.06. The van der Waals surface area contributed by atoms with E-state index >= 15 is 0 Å². The minimum atomic E-state index is 0.395. The number of hydrogen-bond donors (Lipinski definition) is 0. The fraction of sp³-hybridized carbons (Fsp3) is 0.429. The van der Waals surface area contributed by atoms with Crippen LogP contribution in [-0.4, -0.2) is 23.4 Å². The Labute approximate surface area is 65.7 Å². The minimum absolute atomic E-state index is 0.395. The number of aromatic nitrogens is 2. The molecule has 0 aliphatic carbocycles. The number of nitrogens with zero attached hydrogens (tertiary/aromatic N) is 4. The number of aryl methyl sites for hydroxylation is 1. The van der Waals surface area contributed by atoms with Crippen LogP contribution in [-0.2, 0) is 7.05 Å². The van der Waals surface area contributed by atoms with Crippen LogP contribution in [0.1, 0.15) is 0 Å². The molecule has 0 amide bonds. The molecule has 0 aliphatic rings. The molecule has 0 saturated heterocycles. The average molecular weight is 150 g/mol. The van der Waals surface area contributed by atoms with E-state index in [4.69, 9.17) is 5.26 Å². The second-order valence-electron chi connectivity index (χ2n) is 2.39. The van der Waals surface area contributed by atoms with Crippen molar-refractivity contribution >= 4 is 5.69 Å². The van der Waals surface area contributed by atoms with E-state index in [1.165, 1.54) is 0 Å². The molecule has 1 rings (SSSR count). The van der Waals surface area contributed by atoms with E-state index in [0.717, 1.165) is 5.69 Å². The van der Waals surface area contributed by atoms with Crippen LogP contribution < -0.4 is 4.90 Å². The van der Waals surface area contributed by atoms with Gasteiger partial charge < -0.3 is 4.90 Å². The maximum atomic E-state index is 8.39. The van der Waals surface area contributed by atoms with Gasteiger partial charge in [-0.1, -0.05) is 0 Å². The highest BCUT2D eigenvalue weighted by molar-refractivity contribution is 5.41. The standard InChI is InChI=1S/C7H10N4/c1-10(4-3-8)7-5-9-11(2)6-7/h5-6H,4H2,1-2H3. The van der Waals surface area contributed by atoms with Gasteiger partial charge in [0.15, 0.2) is 0 Å². The Kier molecular flexibility index (Phi) is 2.12. The summed E-state index contributed by atoms with van der Waals surface area (Å²) >= 11 is 0. The lowest BCUT2D eigenvalue weighted by molar-refractivity contribution is 0.767. The molecule has 0 radical (unpaired) electrons. The van der Waals surface area contributed by atoms with E-state index in [1.807, 2.05) is 25.2 Å². The predicted octanol–water partition coefficient (Wildman–Crippen LogP) is 0.380. The molecule has 1 heterocycles. The van der Waals surface area contributed by atoms with Crippen molar-refractivity contribution in [1.29, 1.82) is 5.26 Å². The molecule has 0 N–H and O–H groups in total. The van der Waals surface area contributed by atoms with Gasteiger partial charge in [0.2, 0.25) is 0 Å². The van der Waals surface area contributed by atoms with Gasteiger partial charge in [-0.3, -0.25) is 4.68 Å². The first-order valence-corrected chi connectivity index (χ1v) is 3.31. The van der Waals surface area contributed by atoms with Crippen LogP contribution >= 0.6 is 0 Å². The van der Waals surface area contributed by atoms with Gasteiger partial charge in [0.25, 0.3) is 0 Å². The van der Waals surface area contributed by atoms with Crippen molar-refractivity contribution in [2.45, 2.75) is 0 Å². The van der Waals surface area contributed by atoms with Gasteiger partial charge in [-0.25, -0.2) is 0 Å². The van der Waals surface area contributed by atoms with E-state index in [2.05, 4.69) is 11.2 Å². The lowest BCUT2D eigenvalue weighted by Crippen LogP contribution is -2.16. The van der Waals surface area contributed by atoms with Crippen LogP contribution in [0.15, 0.2) is 12.4 Å². The maximum absolute atomic E-state index is 8.39. The van der Waals surface area contributed by atoms with Gasteiger partial charge >= 0.3 is 0 Å². The molecule has 0 saturated carbocycles. The van der Waals surface area contributed by atoms with Crippen LogP contribution in [0, 0.1) is 11.3 Å². The summed E-state index contributed by atoms with van der Waals surface area (Å²) in [4.78, 5) is 1.84. The molecule has 11 heavy (non-hydrogen) atoms. The average Bonchev–Trinajstić information content (AvgIpc) is 2.36. The van der Waals surface area contributed by atoms with Crippen molar-refractivity contribution in [3.63, 3.8) is 0 Å². The molecule has 0 spiro atoms. The number of nitriles is 1. The molecular weight excluding hydrogens is 140 g/mol. The van der Waals surface area contributed by atoms with Crippen LogP contribution in [0.5, 0.6) is 0 Å². The van der Waals surface area contributed by atoms with Gasteiger partial charge in [0.05, 0.1) is 18.0 Å². The summed E-state index contributed by atoms with van der Waals surface area (Å²) in [7, 11) is 3.71. The van der Waals surface area contributed by atoms with Crippen molar-refractivity contribution in [2.24, 2.45) is 7.05 Å². The topological polar surface area (TPSA) is 44.9 Å². The highest BCUT2D eigenvalue weighted by atomic mass is 15.3. The third-order valence-electron chi connectivity index (χ3n) is 1.44. The quantitative estimate of drug-likeness (QED) is 0.572. The monoisotopic (exact) mass is 150 g/mol. The van der Waals surface area contributed by atoms with Gasteiger partial charge in [-0.2, -0.15) is 10.4 Å². The molecule has 4 heteroatoms.